The maximum absolute atomic E-state index is 5.62. The normalized spacial score (nSPS) is 17.5. The molecule has 1 atom stereocenters. The summed E-state index contributed by atoms with van der Waals surface area (Å²) in [4.78, 5) is 0. The lowest BCUT2D eigenvalue weighted by Crippen LogP contribution is -2.36. The predicted octanol–water partition coefficient (Wildman–Crippen LogP) is 3.00. The van der Waals surface area contributed by atoms with Gasteiger partial charge in [-0.2, -0.15) is 0 Å². The van der Waals surface area contributed by atoms with Gasteiger partial charge < -0.3 is 19.5 Å². The highest BCUT2D eigenvalue weighted by Gasteiger charge is 2.20. The fourth-order valence-corrected chi connectivity index (χ4v) is 2.85. The average Bonchev–Trinajstić information content (AvgIpc) is 2.54. The molecule has 4 nitrogen and oxygen atoms in total. The molecule has 0 aliphatic carbocycles. The van der Waals surface area contributed by atoms with Crippen LogP contribution in [0.15, 0.2) is 18.2 Å². The highest BCUT2D eigenvalue weighted by molar-refractivity contribution is 5.46. The lowest BCUT2D eigenvalue weighted by Gasteiger charge is -2.28. The first-order chi connectivity index (χ1) is 10.3. The molecule has 1 unspecified atom stereocenters. The van der Waals surface area contributed by atoms with Crippen molar-refractivity contribution in [1.29, 1.82) is 0 Å². The third-order valence-corrected chi connectivity index (χ3v) is 4.15. The fourth-order valence-electron chi connectivity index (χ4n) is 2.85. The molecular formula is C17H27NO3. The van der Waals surface area contributed by atoms with Crippen molar-refractivity contribution >= 4 is 0 Å². The molecule has 0 saturated carbocycles. The third kappa shape index (κ3) is 4.35. The monoisotopic (exact) mass is 293 g/mol. The van der Waals surface area contributed by atoms with Gasteiger partial charge in [0.05, 0.1) is 13.7 Å². The van der Waals surface area contributed by atoms with Crippen LogP contribution in [-0.4, -0.2) is 33.0 Å². The summed E-state index contributed by atoms with van der Waals surface area (Å²) < 4.78 is 16.6. The van der Waals surface area contributed by atoms with Crippen molar-refractivity contribution in [2.75, 3.05) is 26.9 Å². The Morgan fingerprint density at radius 2 is 2.10 bits per heavy atom. The van der Waals surface area contributed by atoms with E-state index in [-0.39, 0.29) is 0 Å². The minimum Gasteiger partial charge on any atom is -0.493 e. The van der Waals surface area contributed by atoms with Crippen LogP contribution < -0.4 is 14.8 Å². The van der Waals surface area contributed by atoms with E-state index in [1.807, 2.05) is 19.1 Å². The van der Waals surface area contributed by atoms with Gasteiger partial charge in [-0.05, 0) is 38.7 Å². The summed E-state index contributed by atoms with van der Waals surface area (Å²) in [6.07, 6.45) is 2.29. The van der Waals surface area contributed by atoms with Gasteiger partial charge >= 0.3 is 0 Å². The molecule has 4 heteroatoms. The van der Waals surface area contributed by atoms with Gasteiger partial charge in [0.2, 0.25) is 0 Å². The van der Waals surface area contributed by atoms with Crippen LogP contribution in [0.4, 0.5) is 0 Å². The van der Waals surface area contributed by atoms with Gasteiger partial charge in [-0.1, -0.05) is 12.1 Å². The van der Waals surface area contributed by atoms with Crippen LogP contribution in [-0.2, 0) is 11.3 Å². The highest BCUT2D eigenvalue weighted by atomic mass is 16.5. The summed E-state index contributed by atoms with van der Waals surface area (Å²) in [5.74, 6) is 2.35. The van der Waals surface area contributed by atoms with Crippen LogP contribution in [0.25, 0.3) is 0 Å². The van der Waals surface area contributed by atoms with Crippen molar-refractivity contribution in [3.63, 3.8) is 0 Å². The van der Waals surface area contributed by atoms with E-state index in [4.69, 9.17) is 14.2 Å². The second kappa shape index (κ2) is 8.25. The largest absolute Gasteiger partial charge is 0.493 e. The molecule has 0 bridgehead atoms. The minimum absolute atomic E-state index is 0.481. The zero-order valence-electron chi connectivity index (χ0n) is 13.4. The van der Waals surface area contributed by atoms with E-state index >= 15 is 0 Å². The minimum atomic E-state index is 0.481. The molecule has 1 aromatic rings. The molecule has 1 heterocycles. The zero-order chi connectivity index (χ0) is 15.1. The van der Waals surface area contributed by atoms with Gasteiger partial charge in [0.25, 0.3) is 0 Å². The van der Waals surface area contributed by atoms with Crippen LogP contribution in [0, 0.1) is 5.92 Å². The number of nitrogens with one attached hydrogen (secondary N) is 1. The quantitative estimate of drug-likeness (QED) is 0.839. The lowest BCUT2D eigenvalue weighted by atomic mass is 9.93. The number of hydrogen-bond donors (Lipinski definition) is 1. The van der Waals surface area contributed by atoms with Crippen molar-refractivity contribution in [2.45, 2.75) is 39.3 Å². The molecular weight excluding hydrogens is 266 g/mol. The maximum Gasteiger partial charge on any atom is 0.165 e. The molecule has 21 heavy (non-hydrogen) atoms. The summed E-state index contributed by atoms with van der Waals surface area (Å²) in [7, 11) is 1.70. The Morgan fingerprint density at radius 1 is 1.33 bits per heavy atom. The van der Waals surface area contributed by atoms with E-state index in [1.54, 1.807) is 7.11 Å². The van der Waals surface area contributed by atoms with Crippen LogP contribution in [0.1, 0.15) is 32.3 Å². The van der Waals surface area contributed by atoms with Gasteiger partial charge in [-0.25, -0.2) is 0 Å². The van der Waals surface area contributed by atoms with Crippen LogP contribution in [0.2, 0.25) is 0 Å². The SMILES string of the molecule is CCOc1cccc(CNC(C)C2CCOCC2)c1OC. The molecule has 0 aromatic heterocycles. The second-order valence-corrected chi connectivity index (χ2v) is 5.50. The Morgan fingerprint density at radius 3 is 2.76 bits per heavy atom. The van der Waals surface area contributed by atoms with Crippen molar-refractivity contribution in [1.82, 2.24) is 5.32 Å². The highest BCUT2D eigenvalue weighted by Crippen LogP contribution is 2.31. The van der Waals surface area contributed by atoms with Gasteiger partial charge in [-0.15, -0.1) is 0 Å². The number of ether oxygens (including phenoxy) is 3. The molecule has 1 N–H and O–H groups in total. The first-order valence-electron chi connectivity index (χ1n) is 7.86. The van der Waals surface area contributed by atoms with Crippen LogP contribution >= 0.6 is 0 Å². The van der Waals surface area contributed by atoms with E-state index in [2.05, 4.69) is 18.3 Å². The standard InChI is InChI=1S/C17H27NO3/c1-4-21-16-7-5-6-15(17(16)19-3)12-18-13(2)14-8-10-20-11-9-14/h5-7,13-14,18H,4,8-12H2,1-3H3. The van der Waals surface area contributed by atoms with Crippen molar-refractivity contribution in [3.8, 4) is 11.5 Å². The second-order valence-electron chi connectivity index (χ2n) is 5.50. The van der Waals surface area contributed by atoms with E-state index < -0.39 is 0 Å². The molecule has 0 radical (unpaired) electrons. The fraction of sp³-hybridized carbons (Fsp3) is 0.647. The number of benzene rings is 1. The van der Waals surface area contributed by atoms with Gasteiger partial charge in [0.15, 0.2) is 11.5 Å². The van der Waals surface area contributed by atoms with Crippen molar-refractivity contribution in [2.24, 2.45) is 5.92 Å². The first-order valence-corrected chi connectivity index (χ1v) is 7.86. The maximum atomic E-state index is 5.62. The number of hydrogen-bond acceptors (Lipinski definition) is 4. The average molecular weight is 293 g/mol. The summed E-state index contributed by atoms with van der Waals surface area (Å²) in [5, 5.41) is 3.62. The lowest BCUT2D eigenvalue weighted by molar-refractivity contribution is 0.0557. The molecule has 1 aliphatic rings. The molecule has 1 aromatic carbocycles. The molecule has 2 rings (SSSR count). The van der Waals surface area contributed by atoms with Gasteiger partial charge in [-0.3, -0.25) is 0 Å². The molecule has 1 saturated heterocycles. The number of rotatable bonds is 7. The summed E-state index contributed by atoms with van der Waals surface area (Å²) in [6.45, 7) is 7.46. The van der Waals surface area contributed by atoms with Crippen LogP contribution in [0.5, 0.6) is 11.5 Å². The Bertz CT molecular complexity index is 430. The van der Waals surface area contributed by atoms with Crippen molar-refractivity contribution in [3.05, 3.63) is 23.8 Å². The van der Waals surface area contributed by atoms with E-state index in [0.29, 0.717) is 18.6 Å². The first kappa shape index (κ1) is 16.1. The van der Waals surface area contributed by atoms with E-state index in [0.717, 1.165) is 49.7 Å². The van der Waals surface area contributed by atoms with Crippen LogP contribution in [0.3, 0.4) is 0 Å². The van der Waals surface area contributed by atoms with Gasteiger partial charge in [0.1, 0.15) is 0 Å². The Kier molecular flexibility index (Phi) is 6.33. The molecule has 0 amide bonds. The summed E-state index contributed by atoms with van der Waals surface area (Å²) >= 11 is 0. The number of methoxy groups -OCH3 is 1. The Hall–Kier alpha value is -1.26. The van der Waals surface area contributed by atoms with Gasteiger partial charge in [0, 0.05) is 31.4 Å². The van der Waals surface area contributed by atoms with E-state index in [9.17, 15) is 0 Å². The molecule has 118 valence electrons. The summed E-state index contributed by atoms with van der Waals surface area (Å²) in [5.41, 5.74) is 1.14. The number of para-hydroxylation sites is 1. The Balaban J connectivity index is 1.97. The zero-order valence-corrected chi connectivity index (χ0v) is 13.4. The van der Waals surface area contributed by atoms with E-state index in [1.165, 1.54) is 0 Å². The predicted molar refractivity (Wildman–Crippen MR) is 84.0 cm³/mol. The molecule has 0 spiro atoms. The Labute approximate surface area is 127 Å². The third-order valence-electron chi connectivity index (χ3n) is 4.15. The molecule has 1 aliphatic heterocycles. The smallest absolute Gasteiger partial charge is 0.165 e. The van der Waals surface area contributed by atoms with Crippen molar-refractivity contribution < 1.29 is 14.2 Å². The topological polar surface area (TPSA) is 39.7 Å². The summed E-state index contributed by atoms with van der Waals surface area (Å²) in [6, 6.07) is 6.54. The molecule has 1 fully saturated rings.